The van der Waals surface area contributed by atoms with Crippen LogP contribution in [-0.4, -0.2) is 39.6 Å². The van der Waals surface area contributed by atoms with Crippen LogP contribution in [0, 0.1) is 13.8 Å². The number of hydrogen-bond donors (Lipinski definition) is 1. The Balaban J connectivity index is 1.70. The number of carbonyl (C=O) groups is 2. The summed E-state index contributed by atoms with van der Waals surface area (Å²) in [5.41, 5.74) is 4.20. The van der Waals surface area contributed by atoms with E-state index in [1.54, 1.807) is 46.0 Å². The molecule has 0 aliphatic rings. The Morgan fingerprint density at radius 2 is 1.53 bits per heavy atom. The van der Waals surface area contributed by atoms with E-state index in [1.807, 2.05) is 39.8 Å². The van der Waals surface area contributed by atoms with E-state index in [1.165, 1.54) is 0 Å². The van der Waals surface area contributed by atoms with Gasteiger partial charge in [-0.25, -0.2) is 4.68 Å². The highest BCUT2D eigenvalue weighted by molar-refractivity contribution is 6.31. The Kier molecular flexibility index (Phi) is 6.57. The average molecular weight is 425 g/mol. The van der Waals surface area contributed by atoms with Crippen LogP contribution in [0.2, 0.25) is 5.02 Å². The average Bonchev–Trinajstić information content (AvgIpc) is 3.02. The number of hydrogen-bond acceptors (Lipinski definition) is 3. The lowest BCUT2D eigenvalue weighted by molar-refractivity contribution is 0.0773. The molecule has 0 aliphatic heterocycles. The molecule has 1 heterocycles. The molecule has 0 radical (unpaired) electrons. The summed E-state index contributed by atoms with van der Waals surface area (Å²) in [6, 6.07) is 14.1. The van der Waals surface area contributed by atoms with Gasteiger partial charge in [0.05, 0.1) is 22.1 Å². The second kappa shape index (κ2) is 9.13. The van der Waals surface area contributed by atoms with E-state index in [2.05, 4.69) is 10.4 Å². The molecule has 0 saturated carbocycles. The number of aromatic nitrogens is 2. The number of aryl methyl sites for hydroxylation is 1. The van der Waals surface area contributed by atoms with Crippen LogP contribution in [0.3, 0.4) is 0 Å². The monoisotopic (exact) mass is 424 g/mol. The minimum absolute atomic E-state index is 0.0160. The molecule has 0 spiro atoms. The van der Waals surface area contributed by atoms with Crippen molar-refractivity contribution in [3.05, 3.63) is 76.1 Å². The van der Waals surface area contributed by atoms with Crippen molar-refractivity contribution in [3.8, 4) is 5.69 Å². The molecule has 0 unspecified atom stereocenters. The number of nitrogens with zero attached hydrogens (tertiary/aromatic N) is 3. The lowest BCUT2D eigenvalue weighted by Gasteiger charge is -2.18. The summed E-state index contributed by atoms with van der Waals surface area (Å²) in [5, 5.41) is 7.92. The van der Waals surface area contributed by atoms with E-state index in [-0.39, 0.29) is 11.8 Å². The number of nitrogens with one attached hydrogen (secondary N) is 1. The quantitative estimate of drug-likeness (QED) is 0.613. The lowest BCUT2D eigenvalue weighted by Crippen LogP contribution is -2.30. The second-order valence-corrected chi connectivity index (χ2v) is 7.33. The van der Waals surface area contributed by atoms with Gasteiger partial charge in [0.15, 0.2) is 0 Å². The van der Waals surface area contributed by atoms with E-state index in [4.69, 9.17) is 11.6 Å². The first-order valence-electron chi connectivity index (χ1n) is 9.88. The van der Waals surface area contributed by atoms with Crippen molar-refractivity contribution in [3.63, 3.8) is 0 Å². The number of carbonyl (C=O) groups excluding carboxylic acids is 2. The van der Waals surface area contributed by atoms with Crippen LogP contribution < -0.4 is 5.32 Å². The minimum atomic E-state index is -0.226. The topological polar surface area (TPSA) is 67.2 Å². The molecule has 0 atom stereocenters. The smallest absolute Gasteiger partial charge is 0.255 e. The summed E-state index contributed by atoms with van der Waals surface area (Å²) >= 11 is 6.21. The minimum Gasteiger partial charge on any atom is -0.339 e. The molecule has 0 saturated heterocycles. The van der Waals surface area contributed by atoms with Crippen molar-refractivity contribution in [2.75, 3.05) is 18.4 Å². The molecule has 7 heteroatoms. The maximum Gasteiger partial charge on any atom is 0.255 e. The highest BCUT2D eigenvalue weighted by atomic mass is 35.5. The molecule has 3 aromatic rings. The Morgan fingerprint density at radius 3 is 2.03 bits per heavy atom. The summed E-state index contributed by atoms with van der Waals surface area (Å²) in [4.78, 5) is 26.7. The normalized spacial score (nSPS) is 10.7. The highest BCUT2D eigenvalue weighted by Crippen LogP contribution is 2.22. The van der Waals surface area contributed by atoms with E-state index in [0.717, 1.165) is 17.1 Å². The van der Waals surface area contributed by atoms with Gasteiger partial charge in [0, 0.05) is 29.9 Å². The lowest BCUT2D eigenvalue weighted by atomic mass is 10.1. The molecule has 3 rings (SSSR count). The zero-order valence-corrected chi connectivity index (χ0v) is 18.3. The summed E-state index contributed by atoms with van der Waals surface area (Å²) < 4.78 is 1.75. The number of rotatable bonds is 6. The number of halogens is 1. The van der Waals surface area contributed by atoms with Crippen LogP contribution in [0.5, 0.6) is 0 Å². The van der Waals surface area contributed by atoms with Gasteiger partial charge >= 0.3 is 0 Å². The first-order valence-corrected chi connectivity index (χ1v) is 10.3. The zero-order chi connectivity index (χ0) is 21.8. The van der Waals surface area contributed by atoms with Crippen molar-refractivity contribution in [2.24, 2.45) is 0 Å². The first kappa shape index (κ1) is 21.6. The Morgan fingerprint density at radius 1 is 0.967 bits per heavy atom. The predicted molar refractivity (Wildman–Crippen MR) is 120 cm³/mol. The fourth-order valence-electron chi connectivity index (χ4n) is 3.22. The third-order valence-corrected chi connectivity index (χ3v) is 5.56. The highest BCUT2D eigenvalue weighted by Gasteiger charge is 2.14. The van der Waals surface area contributed by atoms with Gasteiger partial charge in [-0.2, -0.15) is 5.10 Å². The van der Waals surface area contributed by atoms with Crippen LogP contribution in [0.15, 0.2) is 48.5 Å². The van der Waals surface area contributed by atoms with Crippen molar-refractivity contribution in [2.45, 2.75) is 27.7 Å². The van der Waals surface area contributed by atoms with Gasteiger partial charge in [-0.3, -0.25) is 9.59 Å². The van der Waals surface area contributed by atoms with Crippen LogP contribution in [0.4, 0.5) is 5.69 Å². The second-order valence-electron chi connectivity index (χ2n) is 6.95. The van der Waals surface area contributed by atoms with Gasteiger partial charge < -0.3 is 10.2 Å². The van der Waals surface area contributed by atoms with E-state index < -0.39 is 0 Å². The van der Waals surface area contributed by atoms with Crippen LogP contribution in [-0.2, 0) is 0 Å². The van der Waals surface area contributed by atoms with Crippen molar-refractivity contribution >= 4 is 29.1 Å². The first-order chi connectivity index (χ1) is 14.3. The third kappa shape index (κ3) is 4.39. The van der Waals surface area contributed by atoms with Gasteiger partial charge in [-0.1, -0.05) is 11.6 Å². The van der Waals surface area contributed by atoms with Crippen LogP contribution in [0.1, 0.15) is 46.0 Å². The van der Waals surface area contributed by atoms with Crippen LogP contribution in [0.25, 0.3) is 5.69 Å². The summed E-state index contributed by atoms with van der Waals surface area (Å²) in [7, 11) is 0. The number of benzene rings is 2. The van der Waals surface area contributed by atoms with E-state index >= 15 is 0 Å². The molecule has 0 fully saturated rings. The van der Waals surface area contributed by atoms with Crippen LogP contribution >= 0.6 is 11.6 Å². The van der Waals surface area contributed by atoms with Gasteiger partial charge in [0.2, 0.25) is 0 Å². The van der Waals surface area contributed by atoms with Gasteiger partial charge in [-0.15, -0.1) is 0 Å². The summed E-state index contributed by atoms with van der Waals surface area (Å²) in [6.45, 7) is 8.98. The fraction of sp³-hybridized carbons (Fsp3) is 0.261. The Labute approximate surface area is 181 Å². The molecule has 2 amide bonds. The van der Waals surface area contributed by atoms with Gasteiger partial charge in [-0.05, 0) is 76.2 Å². The van der Waals surface area contributed by atoms with Crippen molar-refractivity contribution < 1.29 is 9.59 Å². The summed E-state index contributed by atoms with van der Waals surface area (Å²) in [5.74, 6) is -0.242. The maximum absolute atomic E-state index is 12.6. The Hall–Kier alpha value is -3.12. The van der Waals surface area contributed by atoms with E-state index in [9.17, 15) is 9.59 Å². The molecular formula is C23H25ClN4O2. The zero-order valence-electron chi connectivity index (χ0n) is 17.6. The molecule has 30 heavy (non-hydrogen) atoms. The molecule has 156 valence electrons. The number of amides is 2. The predicted octanol–water partition coefficient (Wildman–Crippen LogP) is 4.88. The van der Waals surface area contributed by atoms with Crippen molar-refractivity contribution in [1.82, 2.24) is 14.7 Å². The maximum atomic E-state index is 12.6. The molecule has 1 N–H and O–H groups in total. The molecule has 2 aromatic carbocycles. The van der Waals surface area contributed by atoms with Crippen molar-refractivity contribution in [1.29, 1.82) is 0 Å². The SMILES string of the molecule is CCN(CC)C(=O)c1ccc(NC(=O)c2ccc(-n3nc(C)c(Cl)c3C)cc2)cc1. The Bertz CT molecular complexity index is 1050. The summed E-state index contributed by atoms with van der Waals surface area (Å²) in [6.07, 6.45) is 0. The largest absolute Gasteiger partial charge is 0.339 e. The third-order valence-electron chi connectivity index (χ3n) is 5.02. The standard InChI is InChI=1S/C23H25ClN4O2/c1-5-27(6-2)23(30)18-7-11-19(12-8-18)25-22(29)17-9-13-20(14-10-17)28-16(4)21(24)15(3)26-28/h7-14H,5-6H2,1-4H3,(H,25,29). The van der Waals surface area contributed by atoms with Gasteiger partial charge in [0.1, 0.15) is 0 Å². The number of anilines is 1. The van der Waals surface area contributed by atoms with E-state index in [0.29, 0.717) is 34.9 Å². The molecule has 6 nitrogen and oxygen atoms in total. The molecule has 0 aliphatic carbocycles. The fourth-order valence-corrected chi connectivity index (χ4v) is 3.34. The molecule has 0 bridgehead atoms. The molecular weight excluding hydrogens is 400 g/mol. The molecule has 1 aromatic heterocycles. The van der Waals surface area contributed by atoms with Gasteiger partial charge in [0.25, 0.3) is 11.8 Å².